The highest BCUT2D eigenvalue weighted by Gasteiger charge is 2.50. The standard InChI is InChI=1S/C19H27N3O3/c1-14-6-4-5-7-16(14)20-18(24)22-10-8-19(9-11-22)12-15(13-21(2)3)25-17(19)23/h4-7,15H,8-13H2,1-3H3,(H,20,24). The molecule has 136 valence electrons. The van der Waals surface area contributed by atoms with Crippen LogP contribution in [0.2, 0.25) is 0 Å². The molecule has 6 heteroatoms. The number of carbonyl (C=O) groups excluding carboxylic acids is 2. The highest BCUT2D eigenvalue weighted by molar-refractivity contribution is 5.90. The number of para-hydroxylation sites is 1. The van der Waals surface area contributed by atoms with Crippen LogP contribution in [0.15, 0.2) is 24.3 Å². The average molecular weight is 345 g/mol. The Balaban J connectivity index is 1.57. The van der Waals surface area contributed by atoms with Crippen molar-refractivity contribution >= 4 is 17.7 Å². The lowest BCUT2D eigenvalue weighted by Crippen LogP contribution is -2.46. The van der Waals surface area contributed by atoms with Crippen molar-refractivity contribution in [1.82, 2.24) is 9.80 Å². The van der Waals surface area contributed by atoms with Crippen LogP contribution in [0.25, 0.3) is 0 Å². The predicted octanol–water partition coefficient (Wildman–Crippen LogP) is 2.49. The van der Waals surface area contributed by atoms with Gasteiger partial charge in [-0.25, -0.2) is 4.79 Å². The SMILES string of the molecule is Cc1ccccc1NC(=O)N1CCC2(CC1)CC(CN(C)C)OC2=O. The van der Waals surface area contributed by atoms with E-state index in [4.69, 9.17) is 4.74 Å². The Labute approximate surface area is 149 Å². The summed E-state index contributed by atoms with van der Waals surface area (Å²) in [5.74, 6) is -0.0849. The molecule has 1 spiro atoms. The summed E-state index contributed by atoms with van der Waals surface area (Å²) in [6.45, 7) is 3.90. The fourth-order valence-electron chi connectivity index (χ4n) is 3.80. The van der Waals surface area contributed by atoms with Gasteiger partial charge in [0, 0.05) is 31.7 Å². The number of nitrogens with one attached hydrogen (secondary N) is 1. The number of esters is 1. The van der Waals surface area contributed by atoms with Crippen molar-refractivity contribution in [3.63, 3.8) is 0 Å². The second-order valence-corrected chi connectivity index (χ2v) is 7.51. The zero-order chi connectivity index (χ0) is 18.0. The summed E-state index contributed by atoms with van der Waals surface area (Å²) in [6, 6.07) is 7.64. The zero-order valence-electron chi connectivity index (χ0n) is 15.2. The number of ether oxygens (including phenoxy) is 1. The molecule has 2 aliphatic heterocycles. The van der Waals surface area contributed by atoms with E-state index in [2.05, 4.69) is 5.32 Å². The van der Waals surface area contributed by atoms with Crippen LogP contribution >= 0.6 is 0 Å². The van der Waals surface area contributed by atoms with E-state index < -0.39 is 5.41 Å². The molecule has 2 heterocycles. The maximum absolute atomic E-state index is 12.5. The fourth-order valence-corrected chi connectivity index (χ4v) is 3.80. The van der Waals surface area contributed by atoms with Crippen LogP contribution < -0.4 is 5.32 Å². The number of piperidine rings is 1. The van der Waals surface area contributed by atoms with Gasteiger partial charge in [0.1, 0.15) is 6.10 Å². The molecule has 2 saturated heterocycles. The smallest absolute Gasteiger partial charge is 0.321 e. The largest absolute Gasteiger partial charge is 0.461 e. The van der Waals surface area contributed by atoms with Gasteiger partial charge in [0.05, 0.1) is 5.41 Å². The number of cyclic esters (lactones) is 1. The van der Waals surface area contributed by atoms with Crippen LogP contribution in [-0.2, 0) is 9.53 Å². The summed E-state index contributed by atoms with van der Waals surface area (Å²) in [5, 5.41) is 2.97. The van der Waals surface area contributed by atoms with Crippen LogP contribution in [0, 0.1) is 12.3 Å². The first-order valence-corrected chi connectivity index (χ1v) is 8.87. The van der Waals surface area contributed by atoms with Gasteiger partial charge in [0.2, 0.25) is 0 Å². The number of aryl methyl sites for hydroxylation is 1. The van der Waals surface area contributed by atoms with E-state index >= 15 is 0 Å². The van der Waals surface area contributed by atoms with Crippen LogP contribution in [-0.4, -0.2) is 61.6 Å². The van der Waals surface area contributed by atoms with Gasteiger partial charge in [-0.15, -0.1) is 0 Å². The molecular formula is C19H27N3O3. The van der Waals surface area contributed by atoms with Gasteiger partial charge in [-0.2, -0.15) is 0 Å². The van der Waals surface area contributed by atoms with Crippen molar-refractivity contribution in [1.29, 1.82) is 0 Å². The number of likely N-dealkylation sites (N-methyl/N-ethyl adjacent to an activating group) is 1. The summed E-state index contributed by atoms with van der Waals surface area (Å²) in [6.07, 6.45) is 2.08. The van der Waals surface area contributed by atoms with Crippen LogP contribution in [0.3, 0.4) is 0 Å². The van der Waals surface area contributed by atoms with E-state index in [1.165, 1.54) is 0 Å². The van der Waals surface area contributed by atoms with E-state index in [-0.39, 0.29) is 18.1 Å². The Morgan fingerprint density at radius 1 is 1.32 bits per heavy atom. The van der Waals surface area contributed by atoms with E-state index in [9.17, 15) is 9.59 Å². The number of rotatable bonds is 3. The van der Waals surface area contributed by atoms with Crippen molar-refractivity contribution in [3.05, 3.63) is 29.8 Å². The number of hydrogen-bond donors (Lipinski definition) is 1. The molecule has 25 heavy (non-hydrogen) atoms. The third-order valence-corrected chi connectivity index (χ3v) is 5.29. The number of urea groups is 1. The van der Waals surface area contributed by atoms with Gasteiger partial charge in [-0.3, -0.25) is 4.79 Å². The molecule has 3 rings (SSSR count). The molecule has 6 nitrogen and oxygen atoms in total. The number of hydrogen-bond acceptors (Lipinski definition) is 4. The Bertz CT molecular complexity index is 651. The summed E-state index contributed by atoms with van der Waals surface area (Å²) in [5.41, 5.74) is 1.47. The number of likely N-dealkylation sites (tertiary alicyclic amines) is 1. The topological polar surface area (TPSA) is 61.9 Å². The summed E-state index contributed by atoms with van der Waals surface area (Å²) in [7, 11) is 3.97. The van der Waals surface area contributed by atoms with Gasteiger partial charge in [0.15, 0.2) is 0 Å². The first-order chi connectivity index (χ1) is 11.9. The van der Waals surface area contributed by atoms with Crippen LogP contribution in [0.4, 0.5) is 10.5 Å². The van der Waals surface area contributed by atoms with Crippen molar-refractivity contribution in [3.8, 4) is 0 Å². The second kappa shape index (κ2) is 7.04. The predicted molar refractivity (Wildman–Crippen MR) is 96.5 cm³/mol. The van der Waals surface area contributed by atoms with Gasteiger partial charge >= 0.3 is 12.0 Å². The molecule has 1 aromatic rings. The highest BCUT2D eigenvalue weighted by atomic mass is 16.6. The summed E-state index contributed by atoms with van der Waals surface area (Å²) < 4.78 is 5.57. The van der Waals surface area contributed by atoms with Gasteiger partial charge in [-0.1, -0.05) is 18.2 Å². The van der Waals surface area contributed by atoms with Crippen LogP contribution in [0.5, 0.6) is 0 Å². The molecule has 0 saturated carbocycles. The van der Waals surface area contributed by atoms with Gasteiger partial charge in [-0.05, 0) is 45.5 Å². The molecule has 2 aliphatic rings. The molecule has 2 fully saturated rings. The number of benzene rings is 1. The zero-order valence-corrected chi connectivity index (χ0v) is 15.2. The molecule has 1 atom stereocenters. The lowest BCUT2D eigenvalue weighted by molar-refractivity contribution is -0.150. The Morgan fingerprint density at radius 3 is 2.64 bits per heavy atom. The second-order valence-electron chi connectivity index (χ2n) is 7.51. The molecule has 1 aromatic carbocycles. The Morgan fingerprint density at radius 2 is 2.00 bits per heavy atom. The van der Waals surface area contributed by atoms with Crippen LogP contribution in [0.1, 0.15) is 24.8 Å². The van der Waals surface area contributed by atoms with Crippen molar-refractivity contribution < 1.29 is 14.3 Å². The number of carbonyl (C=O) groups is 2. The Hall–Kier alpha value is -2.08. The van der Waals surface area contributed by atoms with E-state index in [0.29, 0.717) is 25.9 Å². The third-order valence-electron chi connectivity index (χ3n) is 5.29. The monoisotopic (exact) mass is 345 g/mol. The van der Waals surface area contributed by atoms with Crippen molar-refractivity contribution in [2.75, 3.05) is 39.0 Å². The quantitative estimate of drug-likeness (QED) is 0.855. The van der Waals surface area contributed by atoms with Gasteiger partial charge in [0.25, 0.3) is 0 Å². The van der Waals surface area contributed by atoms with Gasteiger partial charge < -0.3 is 19.9 Å². The molecule has 0 aromatic heterocycles. The molecule has 0 radical (unpaired) electrons. The average Bonchev–Trinajstić information content (AvgIpc) is 2.84. The molecular weight excluding hydrogens is 318 g/mol. The maximum atomic E-state index is 12.5. The number of anilines is 1. The lowest BCUT2D eigenvalue weighted by atomic mass is 9.76. The highest BCUT2D eigenvalue weighted by Crippen LogP contribution is 2.43. The molecule has 0 bridgehead atoms. The first-order valence-electron chi connectivity index (χ1n) is 8.87. The summed E-state index contributed by atoms with van der Waals surface area (Å²) >= 11 is 0. The third kappa shape index (κ3) is 3.79. The normalized spacial score (nSPS) is 22.3. The molecule has 2 amide bonds. The van der Waals surface area contributed by atoms with Crippen molar-refractivity contribution in [2.24, 2.45) is 5.41 Å². The van der Waals surface area contributed by atoms with E-state index in [1.54, 1.807) is 4.90 Å². The fraction of sp³-hybridized carbons (Fsp3) is 0.579. The number of amides is 2. The molecule has 1 unspecified atom stereocenters. The minimum absolute atomic E-state index is 0.0326. The van der Waals surface area contributed by atoms with E-state index in [0.717, 1.165) is 24.2 Å². The van der Waals surface area contributed by atoms with Crippen molar-refractivity contribution in [2.45, 2.75) is 32.3 Å². The lowest BCUT2D eigenvalue weighted by Gasteiger charge is -2.36. The first kappa shape index (κ1) is 17.7. The maximum Gasteiger partial charge on any atom is 0.321 e. The summed E-state index contributed by atoms with van der Waals surface area (Å²) in [4.78, 5) is 28.7. The minimum atomic E-state index is -0.403. The number of nitrogens with zero attached hydrogens (tertiary/aromatic N) is 2. The molecule has 1 N–H and O–H groups in total. The Kier molecular flexibility index (Phi) is 4.99. The van der Waals surface area contributed by atoms with E-state index in [1.807, 2.05) is 50.2 Å². The molecule has 0 aliphatic carbocycles. The minimum Gasteiger partial charge on any atom is -0.461 e.